The van der Waals surface area contributed by atoms with E-state index in [-0.39, 0.29) is 25.0 Å². The smallest absolute Gasteiger partial charge is 0.308 e. The number of rotatable bonds is 24. The summed E-state index contributed by atoms with van der Waals surface area (Å²) in [6.45, 7) is 9.76. The van der Waals surface area contributed by atoms with E-state index in [1.807, 2.05) is 6.92 Å². The Labute approximate surface area is 185 Å². The van der Waals surface area contributed by atoms with E-state index in [4.69, 9.17) is 37.9 Å². The van der Waals surface area contributed by atoms with Crippen molar-refractivity contribution in [2.75, 3.05) is 92.5 Å². The fourth-order valence-corrected chi connectivity index (χ4v) is 2.08. The molecule has 31 heavy (non-hydrogen) atoms. The Kier molecular flexibility index (Phi) is 23.9. The lowest BCUT2D eigenvalue weighted by atomic mass is 10.3. The van der Waals surface area contributed by atoms with E-state index in [1.165, 1.54) is 0 Å². The molecule has 0 aromatic rings. The van der Waals surface area contributed by atoms with Crippen LogP contribution in [0.1, 0.15) is 33.1 Å². The van der Waals surface area contributed by atoms with Crippen LogP contribution < -0.4 is 0 Å². The topological polar surface area (TPSA) is 108 Å². The number of esters is 2. The zero-order valence-electron chi connectivity index (χ0n) is 19.1. The van der Waals surface area contributed by atoms with E-state index in [1.54, 1.807) is 6.92 Å². The number of carbonyl (C=O) groups is 2. The molecule has 0 heterocycles. The van der Waals surface area contributed by atoms with Gasteiger partial charge in [0.15, 0.2) is 0 Å². The standard InChI is InChI=1S/C21H40O10/c1-3-5-20(22)31-19-18-29-17-16-28-15-14-27-13-12-26-11-10-25-9-8-24-7-6-21(23)30-4-2/h3-19H2,1-2H3. The second kappa shape index (κ2) is 25.0. The van der Waals surface area contributed by atoms with Crippen molar-refractivity contribution < 1.29 is 47.5 Å². The van der Waals surface area contributed by atoms with Crippen molar-refractivity contribution in [2.24, 2.45) is 0 Å². The van der Waals surface area contributed by atoms with Crippen molar-refractivity contribution in [3.63, 3.8) is 0 Å². The molecule has 0 aromatic heterocycles. The number of ether oxygens (including phenoxy) is 8. The van der Waals surface area contributed by atoms with Gasteiger partial charge < -0.3 is 37.9 Å². The van der Waals surface area contributed by atoms with Crippen LogP contribution in [0.5, 0.6) is 0 Å². The monoisotopic (exact) mass is 452 g/mol. The van der Waals surface area contributed by atoms with Crippen molar-refractivity contribution in [3.05, 3.63) is 0 Å². The van der Waals surface area contributed by atoms with Gasteiger partial charge in [-0.3, -0.25) is 9.59 Å². The predicted molar refractivity (Wildman–Crippen MR) is 112 cm³/mol. The molecule has 0 unspecified atom stereocenters. The quantitative estimate of drug-likeness (QED) is 0.157. The summed E-state index contributed by atoms with van der Waals surface area (Å²) in [4.78, 5) is 22.2. The van der Waals surface area contributed by atoms with Gasteiger partial charge in [0.2, 0.25) is 0 Å². The molecule has 10 heteroatoms. The first kappa shape index (κ1) is 29.7. The Hall–Kier alpha value is -1.30. The molecule has 0 fully saturated rings. The van der Waals surface area contributed by atoms with Gasteiger partial charge in [0.05, 0.1) is 92.3 Å². The molecule has 0 saturated heterocycles. The molecule has 0 aliphatic heterocycles. The van der Waals surface area contributed by atoms with Gasteiger partial charge in [-0.25, -0.2) is 0 Å². The molecule has 10 nitrogen and oxygen atoms in total. The highest BCUT2D eigenvalue weighted by atomic mass is 16.6. The van der Waals surface area contributed by atoms with E-state index in [2.05, 4.69) is 0 Å². The Bertz CT molecular complexity index is 370. The minimum atomic E-state index is -0.252. The van der Waals surface area contributed by atoms with Crippen LogP contribution >= 0.6 is 0 Å². The molecule has 0 aliphatic carbocycles. The van der Waals surface area contributed by atoms with Crippen LogP contribution in [-0.4, -0.2) is 104 Å². The van der Waals surface area contributed by atoms with Crippen LogP contribution in [0.25, 0.3) is 0 Å². The zero-order valence-corrected chi connectivity index (χ0v) is 19.1. The Balaban J connectivity index is 3.08. The van der Waals surface area contributed by atoms with Crippen molar-refractivity contribution in [3.8, 4) is 0 Å². The van der Waals surface area contributed by atoms with Gasteiger partial charge in [0.25, 0.3) is 0 Å². The molecule has 0 N–H and O–H groups in total. The van der Waals surface area contributed by atoms with Crippen LogP contribution in [0, 0.1) is 0 Å². The van der Waals surface area contributed by atoms with Gasteiger partial charge >= 0.3 is 11.9 Å². The molecule has 0 spiro atoms. The van der Waals surface area contributed by atoms with Crippen LogP contribution in [0.15, 0.2) is 0 Å². The summed E-state index contributed by atoms with van der Waals surface area (Å²) in [7, 11) is 0. The van der Waals surface area contributed by atoms with Crippen molar-refractivity contribution in [1.82, 2.24) is 0 Å². The van der Waals surface area contributed by atoms with E-state index < -0.39 is 0 Å². The summed E-state index contributed by atoms with van der Waals surface area (Å²) < 4.78 is 41.8. The number of hydrogen-bond acceptors (Lipinski definition) is 10. The summed E-state index contributed by atoms with van der Waals surface area (Å²) >= 11 is 0. The lowest BCUT2D eigenvalue weighted by molar-refractivity contribution is -0.145. The number of carbonyl (C=O) groups excluding carboxylic acids is 2. The van der Waals surface area contributed by atoms with Crippen LogP contribution in [0.4, 0.5) is 0 Å². The highest BCUT2D eigenvalue weighted by Gasteiger charge is 2.01. The van der Waals surface area contributed by atoms with Crippen molar-refractivity contribution >= 4 is 11.9 Å². The minimum absolute atomic E-state index is 0.190. The molecule has 0 amide bonds. The van der Waals surface area contributed by atoms with Crippen molar-refractivity contribution in [2.45, 2.75) is 33.1 Å². The summed E-state index contributed by atoms with van der Waals surface area (Å²) in [6.07, 6.45) is 1.49. The van der Waals surface area contributed by atoms with E-state index >= 15 is 0 Å². The van der Waals surface area contributed by atoms with E-state index in [9.17, 15) is 9.59 Å². The Morgan fingerprint density at radius 3 is 1.19 bits per heavy atom. The van der Waals surface area contributed by atoms with Gasteiger partial charge in [-0.15, -0.1) is 0 Å². The highest BCUT2D eigenvalue weighted by molar-refractivity contribution is 5.69. The summed E-state index contributed by atoms with van der Waals surface area (Å²) in [5.74, 6) is -0.441. The third-order valence-electron chi connectivity index (χ3n) is 3.56. The average Bonchev–Trinajstić information content (AvgIpc) is 2.75. The first-order valence-electron chi connectivity index (χ1n) is 11.0. The van der Waals surface area contributed by atoms with Gasteiger partial charge in [-0.1, -0.05) is 6.92 Å². The normalized spacial score (nSPS) is 10.9. The predicted octanol–water partition coefficient (Wildman–Crippen LogP) is 1.38. The maximum atomic E-state index is 11.1. The van der Waals surface area contributed by atoms with Gasteiger partial charge in [-0.2, -0.15) is 0 Å². The lowest BCUT2D eigenvalue weighted by Crippen LogP contribution is -2.15. The first-order valence-corrected chi connectivity index (χ1v) is 11.0. The van der Waals surface area contributed by atoms with Gasteiger partial charge in [0.1, 0.15) is 6.61 Å². The van der Waals surface area contributed by atoms with Gasteiger partial charge in [0, 0.05) is 6.42 Å². The molecular weight excluding hydrogens is 412 g/mol. The van der Waals surface area contributed by atoms with Crippen LogP contribution in [-0.2, 0) is 47.5 Å². The molecular formula is C21H40O10. The lowest BCUT2D eigenvalue weighted by Gasteiger charge is -2.08. The summed E-state index contributed by atoms with van der Waals surface area (Å²) in [5, 5.41) is 0. The third kappa shape index (κ3) is 24.8. The molecule has 0 aliphatic rings. The van der Waals surface area contributed by atoms with E-state index in [0.717, 1.165) is 6.42 Å². The largest absolute Gasteiger partial charge is 0.466 e. The minimum Gasteiger partial charge on any atom is -0.466 e. The molecule has 0 rings (SSSR count). The number of hydrogen-bond donors (Lipinski definition) is 0. The molecule has 0 radical (unpaired) electrons. The average molecular weight is 453 g/mol. The fourth-order valence-electron chi connectivity index (χ4n) is 2.08. The third-order valence-corrected chi connectivity index (χ3v) is 3.56. The summed E-state index contributed by atoms with van der Waals surface area (Å²) in [5.41, 5.74) is 0. The first-order chi connectivity index (χ1) is 15.2. The Morgan fingerprint density at radius 1 is 0.452 bits per heavy atom. The van der Waals surface area contributed by atoms with Crippen LogP contribution in [0.3, 0.4) is 0 Å². The van der Waals surface area contributed by atoms with Crippen LogP contribution in [0.2, 0.25) is 0 Å². The van der Waals surface area contributed by atoms with Crippen molar-refractivity contribution in [1.29, 1.82) is 0 Å². The highest BCUT2D eigenvalue weighted by Crippen LogP contribution is 1.91. The maximum Gasteiger partial charge on any atom is 0.308 e. The molecule has 0 bridgehead atoms. The SMILES string of the molecule is CCCC(=O)OCCOCCOCCOCCOCCOCCOCCC(=O)OCC. The Morgan fingerprint density at radius 2 is 0.806 bits per heavy atom. The summed E-state index contributed by atoms with van der Waals surface area (Å²) in [6, 6.07) is 0. The van der Waals surface area contributed by atoms with E-state index in [0.29, 0.717) is 92.3 Å². The second-order valence-electron chi connectivity index (χ2n) is 6.20. The molecule has 0 atom stereocenters. The second-order valence-corrected chi connectivity index (χ2v) is 6.20. The molecule has 0 aromatic carbocycles. The fraction of sp³-hybridized carbons (Fsp3) is 0.905. The molecule has 184 valence electrons. The molecule has 0 saturated carbocycles. The maximum absolute atomic E-state index is 11.1. The zero-order chi connectivity index (χ0) is 22.8. The van der Waals surface area contributed by atoms with Gasteiger partial charge in [-0.05, 0) is 13.3 Å².